The smallest absolute Gasteiger partial charge is 0.402 e. The van der Waals surface area contributed by atoms with E-state index in [0.717, 1.165) is 22.5 Å². The Kier molecular flexibility index (Phi) is 6.83. The second-order valence-electron chi connectivity index (χ2n) is 9.77. The van der Waals surface area contributed by atoms with E-state index in [2.05, 4.69) is 140 Å². The summed E-state index contributed by atoms with van der Waals surface area (Å²) in [5.41, 5.74) is 9.12. The molecule has 0 aromatic heterocycles. The van der Waals surface area contributed by atoms with Crippen LogP contribution in [-0.4, -0.2) is 19.3 Å². The summed E-state index contributed by atoms with van der Waals surface area (Å²) in [7, 11) is -0.321. The van der Waals surface area contributed by atoms with Crippen LogP contribution in [-0.2, 0) is 9.31 Å². The highest BCUT2D eigenvalue weighted by Gasteiger charge is 2.35. The normalized spacial score (nSPS) is 16.9. The second-order valence-corrected chi connectivity index (χ2v) is 9.77. The highest BCUT2D eigenvalue weighted by molar-refractivity contribution is 6.61. The highest BCUT2D eigenvalue weighted by atomic mass is 16.7. The molecule has 0 radical (unpaired) electrons. The third-order valence-electron chi connectivity index (χ3n) is 7.23. The van der Waals surface area contributed by atoms with Crippen LogP contribution in [0.25, 0.3) is 22.3 Å². The first kappa shape index (κ1) is 24.2. The first-order valence-corrected chi connectivity index (χ1v) is 13.2. The molecule has 1 heterocycles. The van der Waals surface area contributed by atoms with Crippen LogP contribution in [0, 0.1) is 0 Å². The van der Waals surface area contributed by atoms with E-state index in [1.165, 1.54) is 22.3 Å². The van der Waals surface area contributed by atoms with Crippen molar-refractivity contribution < 1.29 is 9.31 Å². The lowest BCUT2D eigenvalue weighted by Crippen LogP contribution is -2.32. The van der Waals surface area contributed by atoms with Crippen LogP contribution in [0.4, 0.5) is 17.1 Å². The molecular weight excluding hydrogens is 465 g/mol. The lowest BCUT2D eigenvalue weighted by Gasteiger charge is -2.26. The van der Waals surface area contributed by atoms with Gasteiger partial charge in [0.25, 0.3) is 0 Å². The molecule has 1 saturated heterocycles. The van der Waals surface area contributed by atoms with Gasteiger partial charge in [-0.25, -0.2) is 0 Å². The number of hydrogen-bond acceptors (Lipinski definition) is 3. The lowest BCUT2D eigenvalue weighted by atomic mass is 9.79. The SMILES string of the molecule is CC1OB(c2ccc(N(c3ccc(-c4ccccc4)cc3)c3ccc(-c4ccccc4)cc3)cc2)OC1C. The average Bonchev–Trinajstić information content (AvgIpc) is 3.33. The molecule has 0 spiro atoms. The van der Waals surface area contributed by atoms with Crippen LogP contribution in [0.1, 0.15) is 13.8 Å². The summed E-state index contributed by atoms with van der Waals surface area (Å²) in [4.78, 5) is 2.29. The summed E-state index contributed by atoms with van der Waals surface area (Å²) in [6, 6.07) is 47.0. The van der Waals surface area contributed by atoms with E-state index in [0.29, 0.717) is 0 Å². The van der Waals surface area contributed by atoms with Gasteiger partial charge in [-0.05, 0) is 78.0 Å². The topological polar surface area (TPSA) is 21.7 Å². The van der Waals surface area contributed by atoms with E-state index in [1.807, 2.05) is 12.1 Å². The van der Waals surface area contributed by atoms with Crippen LogP contribution in [0.2, 0.25) is 0 Å². The quantitative estimate of drug-likeness (QED) is 0.223. The van der Waals surface area contributed by atoms with Gasteiger partial charge in [-0.3, -0.25) is 0 Å². The van der Waals surface area contributed by atoms with Crippen LogP contribution < -0.4 is 10.4 Å². The molecule has 6 rings (SSSR count). The van der Waals surface area contributed by atoms with E-state index in [-0.39, 0.29) is 19.3 Å². The van der Waals surface area contributed by atoms with Crippen molar-refractivity contribution in [2.24, 2.45) is 0 Å². The second kappa shape index (κ2) is 10.7. The van der Waals surface area contributed by atoms with Gasteiger partial charge >= 0.3 is 7.12 Å². The average molecular weight is 495 g/mol. The van der Waals surface area contributed by atoms with Gasteiger partial charge in [0.2, 0.25) is 0 Å². The van der Waals surface area contributed by atoms with E-state index < -0.39 is 0 Å². The van der Waals surface area contributed by atoms with Crippen molar-refractivity contribution in [3.63, 3.8) is 0 Å². The van der Waals surface area contributed by atoms with Crippen molar-refractivity contribution in [1.82, 2.24) is 0 Å². The number of nitrogens with zero attached hydrogens (tertiary/aromatic N) is 1. The first-order valence-electron chi connectivity index (χ1n) is 13.2. The van der Waals surface area contributed by atoms with Gasteiger partial charge in [0.05, 0.1) is 12.2 Å². The molecule has 0 saturated carbocycles. The summed E-state index contributed by atoms with van der Waals surface area (Å²) in [5, 5.41) is 0. The zero-order valence-electron chi connectivity index (χ0n) is 21.7. The Morgan fingerprint density at radius 3 is 1.18 bits per heavy atom. The van der Waals surface area contributed by atoms with Crippen LogP contribution in [0.3, 0.4) is 0 Å². The maximum Gasteiger partial charge on any atom is 0.494 e. The molecule has 0 bridgehead atoms. The van der Waals surface area contributed by atoms with E-state index in [1.54, 1.807) is 0 Å². The number of anilines is 3. The number of rotatable bonds is 6. The minimum Gasteiger partial charge on any atom is -0.402 e. The van der Waals surface area contributed by atoms with Gasteiger partial charge in [-0.2, -0.15) is 0 Å². The fraction of sp³-hybridized carbons (Fsp3) is 0.118. The Morgan fingerprint density at radius 2 is 0.789 bits per heavy atom. The molecule has 1 aliphatic heterocycles. The van der Waals surface area contributed by atoms with Crippen molar-refractivity contribution >= 4 is 29.6 Å². The van der Waals surface area contributed by atoms with Gasteiger partial charge in [0, 0.05) is 17.1 Å². The molecule has 3 nitrogen and oxygen atoms in total. The Bertz CT molecular complexity index is 1380. The molecule has 4 heteroatoms. The van der Waals surface area contributed by atoms with E-state index in [4.69, 9.17) is 9.31 Å². The van der Waals surface area contributed by atoms with Crippen molar-refractivity contribution in [3.05, 3.63) is 133 Å². The van der Waals surface area contributed by atoms with Crippen LogP contribution in [0.15, 0.2) is 133 Å². The molecule has 5 aromatic rings. The predicted octanol–water partition coefficient (Wildman–Crippen LogP) is 8.01. The minimum atomic E-state index is -0.321. The molecule has 2 unspecified atom stereocenters. The summed E-state index contributed by atoms with van der Waals surface area (Å²) in [6.45, 7) is 4.11. The van der Waals surface area contributed by atoms with Gasteiger partial charge in [-0.1, -0.05) is 97.1 Å². The van der Waals surface area contributed by atoms with E-state index >= 15 is 0 Å². The fourth-order valence-corrected chi connectivity index (χ4v) is 4.90. The molecular formula is C34H30BNO2. The van der Waals surface area contributed by atoms with Gasteiger partial charge in [-0.15, -0.1) is 0 Å². The maximum atomic E-state index is 6.00. The maximum absolute atomic E-state index is 6.00. The lowest BCUT2D eigenvalue weighted by molar-refractivity contribution is 0.187. The highest BCUT2D eigenvalue weighted by Crippen LogP contribution is 2.36. The molecule has 2 atom stereocenters. The largest absolute Gasteiger partial charge is 0.494 e. The zero-order valence-corrected chi connectivity index (χ0v) is 21.7. The third-order valence-corrected chi connectivity index (χ3v) is 7.23. The van der Waals surface area contributed by atoms with Crippen molar-refractivity contribution in [2.75, 3.05) is 4.90 Å². The third kappa shape index (κ3) is 5.01. The van der Waals surface area contributed by atoms with Gasteiger partial charge in [0.15, 0.2) is 0 Å². The van der Waals surface area contributed by atoms with Crippen LogP contribution >= 0.6 is 0 Å². The molecule has 186 valence electrons. The summed E-state index contributed by atoms with van der Waals surface area (Å²) >= 11 is 0. The van der Waals surface area contributed by atoms with E-state index in [9.17, 15) is 0 Å². The monoisotopic (exact) mass is 495 g/mol. The Balaban J connectivity index is 1.35. The minimum absolute atomic E-state index is 0.0856. The standard InChI is InChI=1S/C34H30BNO2/c1-25-26(2)38-35(37-25)31-17-23-34(24-18-31)36(32-19-13-29(14-20-32)27-9-5-3-6-10-27)33-21-15-30(16-22-33)28-11-7-4-8-12-28/h3-26H,1-2H3. The molecule has 0 amide bonds. The Labute approximate surface area is 225 Å². The summed E-state index contributed by atoms with van der Waals surface area (Å²) < 4.78 is 12.0. The molecule has 0 N–H and O–H groups in total. The van der Waals surface area contributed by atoms with Crippen molar-refractivity contribution in [1.29, 1.82) is 0 Å². The zero-order chi connectivity index (χ0) is 25.9. The molecule has 38 heavy (non-hydrogen) atoms. The summed E-state index contributed by atoms with van der Waals surface area (Å²) in [6.07, 6.45) is 0.171. The van der Waals surface area contributed by atoms with Gasteiger partial charge < -0.3 is 14.2 Å². The predicted molar refractivity (Wildman–Crippen MR) is 158 cm³/mol. The number of hydrogen-bond donors (Lipinski definition) is 0. The molecule has 1 aliphatic rings. The van der Waals surface area contributed by atoms with Crippen molar-refractivity contribution in [3.8, 4) is 22.3 Å². The number of benzene rings is 5. The fourth-order valence-electron chi connectivity index (χ4n) is 4.90. The summed E-state index contributed by atoms with van der Waals surface area (Å²) in [5.74, 6) is 0. The Morgan fingerprint density at radius 1 is 0.447 bits per heavy atom. The van der Waals surface area contributed by atoms with Crippen molar-refractivity contribution in [2.45, 2.75) is 26.1 Å². The molecule has 1 fully saturated rings. The van der Waals surface area contributed by atoms with Crippen LogP contribution in [0.5, 0.6) is 0 Å². The van der Waals surface area contributed by atoms with Gasteiger partial charge in [0.1, 0.15) is 0 Å². The Hall–Kier alpha value is -4.12. The first-order chi connectivity index (χ1) is 18.7. The molecule has 0 aliphatic carbocycles. The molecule has 5 aromatic carbocycles.